The molecule has 0 radical (unpaired) electrons. The highest BCUT2D eigenvalue weighted by Gasteiger charge is 2.39. The molecule has 1 atom stereocenters. The number of hydrogen-bond acceptors (Lipinski definition) is 1. The molecule has 2 aliphatic heterocycles. The number of carbonyl (C=O) groups is 1. The van der Waals surface area contributed by atoms with Gasteiger partial charge < -0.3 is 4.90 Å². The lowest BCUT2D eigenvalue weighted by Gasteiger charge is -2.36. The maximum Gasteiger partial charge on any atom is 0.251 e. The van der Waals surface area contributed by atoms with Crippen molar-refractivity contribution >= 4 is 5.91 Å². The maximum atomic E-state index is 11.6. The minimum absolute atomic E-state index is 0.0521. The summed E-state index contributed by atoms with van der Waals surface area (Å²) in [6.45, 7) is 7.97. The monoisotopic (exact) mass is 201 g/mol. The van der Waals surface area contributed by atoms with Crippen molar-refractivity contribution in [2.24, 2.45) is 0 Å². The number of allylic oxidation sites excluding steroid dienone is 2. The molecule has 0 aromatic heterocycles. The molecule has 0 N–H and O–H groups in total. The molecule has 0 saturated carbocycles. The Hall–Kier alpha value is -1.57. The third-order valence-corrected chi connectivity index (χ3v) is 2.75. The largest absolute Gasteiger partial charge is 0.302 e. The van der Waals surface area contributed by atoms with Gasteiger partial charge in [0, 0.05) is 12.3 Å². The van der Waals surface area contributed by atoms with E-state index in [4.69, 9.17) is 0 Å². The Balaban J connectivity index is 2.41. The van der Waals surface area contributed by atoms with Crippen molar-refractivity contribution in [1.82, 2.24) is 4.90 Å². The SMILES string of the molecule is C=C(C)C[C@]12C=CC(=O)N1C=CC(C)=C2. The van der Waals surface area contributed by atoms with Crippen molar-refractivity contribution in [2.45, 2.75) is 25.8 Å². The Morgan fingerprint density at radius 1 is 1.53 bits per heavy atom. The van der Waals surface area contributed by atoms with Gasteiger partial charge in [-0.15, -0.1) is 6.58 Å². The molecule has 0 unspecified atom stereocenters. The number of fused-ring (bicyclic) bond motifs is 1. The van der Waals surface area contributed by atoms with Crippen LogP contribution in [0.15, 0.2) is 48.2 Å². The van der Waals surface area contributed by atoms with Crippen molar-refractivity contribution in [1.29, 1.82) is 0 Å². The van der Waals surface area contributed by atoms with Crippen LogP contribution in [-0.2, 0) is 4.79 Å². The fraction of sp³-hybridized carbons (Fsp3) is 0.308. The molecule has 1 amide bonds. The second kappa shape index (κ2) is 3.23. The lowest BCUT2D eigenvalue weighted by molar-refractivity contribution is -0.124. The van der Waals surface area contributed by atoms with E-state index in [9.17, 15) is 4.79 Å². The molecule has 0 fully saturated rings. The lowest BCUT2D eigenvalue weighted by atomic mass is 9.88. The van der Waals surface area contributed by atoms with Crippen LogP contribution in [0.1, 0.15) is 20.3 Å². The van der Waals surface area contributed by atoms with Gasteiger partial charge in [0.2, 0.25) is 0 Å². The highest BCUT2D eigenvalue weighted by Crippen LogP contribution is 2.35. The third-order valence-electron chi connectivity index (χ3n) is 2.75. The van der Waals surface area contributed by atoms with Gasteiger partial charge in [0.1, 0.15) is 0 Å². The summed E-state index contributed by atoms with van der Waals surface area (Å²) < 4.78 is 0. The number of nitrogens with zero attached hydrogens (tertiary/aromatic N) is 1. The zero-order chi connectivity index (χ0) is 11.1. The Morgan fingerprint density at radius 2 is 2.27 bits per heavy atom. The first-order valence-corrected chi connectivity index (χ1v) is 5.08. The molecule has 2 aliphatic rings. The molecule has 2 heteroatoms. The van der Waals surface area contributed by atoms with Crippen LogP contribution >= 0.6 is 0 Å². The van der Waals surface area contributed by atoms with Gasteiger partial charge in [-0.1, -0.05) is 17.2 Å². The fourth-order valence-electron chi connectivity index (χ4n) is 2.22. The quantitative estimate of drug-likeness (QED) is 0.629. The van der Waals surface area contributed by atoms with Crippen molar-refractivity contribution in [3.63, 3.8) is 0 Å². The van der Waals surface area contributed by atoms with Gasteiger partial charge in [-0.05, 0) is 32.4 Å². The van der Waals surface area contributed by atoms with Crippen molar-refractivity contribution in [3.8, 4) is 0 Å². The molecule has 2 rings (SSSR count). The smallest absolute Gasteiger partial charge is 0.251 e. The molecule has 2 nitrogen and oxygen atoms in total. The number of hydrogen-bond donors (Lipinski definition) is 0. The Bertz CT molecular complexity index is 414. The van der Waals surface area contributed by atoms with Gasteiger partial charge in [0.25, 0.3) is 5.91 Å². The molecule has 0 bridgehead atoms. The van der Waals surface area contributed by atoms with E-state index < -0.39 is 0 Å². The zero-order valence-corrected chi connectivity index (χ0v) is 9.16. The van der Waals surface area contributed by atoms with Crippen LogP contribution in [0, 0.1) is 0 Å². The number of carbonyl (C=O) groups excluding carboxylic acids is 1. The fourth-order valence-corrected chi connectivity index (χ4v) is 2.22. The molecular formula is C13H15NO. The maximum absolute atomic E-state index is 11.6. The molecule has 0 aromatic carbocycles. The van der Waals surface area contributed by atoms with Crippen molar-refractivity contribution in [2.75, 3.05) is 0 Å². The summed E-state index contributed by atoms with van der Waals surface area (Å²) >= 11 is 0. The first kappa shape index (κ1) is 9.97. The average Bonchev–Trinajstić information content (AvgIpc) is 2.41. The van der Waals surface area contributed by atoms with Gasteiger partial charge in [-0.25, -0.2) is 0 Å². The van der Waals surface area contributed by atoms with Gasteiger partial charge in [0.05, 0.1) is 5.54 Å². The first-order valence-electron chi connectivity index (χ1n) is 5.08. The summed E-state index contributed by atoms with van der Waals surface area (Å²) in [4.78, 5) is 13.4. The van der Waals surface area contributed by atoms with Gasteiger partial charge in [-0.3, -0.25) is 4.79 Å². The van der Waals surface area contributed by atoms with E-state index in [0.29, 0.717) is 0 Å². The van der Waals surface area contributed by atoms with Crippen LogP contribution in [0.25, 0.3) is 0 Å². The van der Waals surface area contributed by atoms with E-state index in [1.54, 1.807) is 11.0 Å². The van der Waals surface area contributed by atoms with Crippen molar-refractivity contribution < 1.29 is 4.79 Å². The second-order valence-electron chi connectivity index (χ2n) is 4.37. The van der Waals surface area contributed by atoms with Gasteiger partial charge >= 0.3 is 0 Å². The predicted molar refractivity (Wildman–Crippen MR) is 61.0 cm³/mol. The van der Waals surface area contributed by atoms with Crippen LogP contribution in [0.4, 0.5) is 0 Å². The Morgan fingerprint density at radius 3 is 2.93 bits per heavy atom. The zero-order valence-electron chi connectivity index (χ0n) is 9.16. The predicted octanol–water partition coefficient (Wildman–Crippen LogP) is 2.56. The summed E-state index contributed by atoms with van der Waals surface area (Å²) in [5, 5.41) is 0. The molecule has 0 aliphatic carbocycles. The van der Waals surface area contributed by atoms with E-state index >= 15 is 0 Å². The van der Waals surface area contributed by atoms with Crippen LogP contribution in [0.2, 0.25) is 0 Å². The topological polar surface area (TPSA) is 20.3 Å². The third kappa shape index (κ3) is 1.56. The summed E-state index contributed by atoms with van der Waals surface area (Å²) in [6, 6.07) is 0. The minimum Gasteiger partial charge on any atom is -0.302 e. The summed E-state index contributed by atoms with van der Waals surface area (Å²) in [7, 11) is 0. The van der Waals surface area contributed by atoms with Crippen LogP contribution in [0.5, 0.6) is 0 Å². The standard InChI is InChI=1S/C13H15NO/c1-10(2)8-13-6-4-12(15)14(13)7-5-11(3)9-13/h4-7,9H,1,8H2,2-3H3/t13-/m0/s1. The number of amides is 1. The van der Waals surface area contributed by atoms with E-state index in [0.717, 1.165) is 12.0 Å². The van der Waals surface area contributed by atoms with Crippen LogP contribution < -0.4 is 0 Å². The summed E-state index contributed by atoms with van der Waals surface area (Å²) in [5.41, 5.74) is 1.98. The van der Waals surface area contributed by atoms with Crippen LogP contribution in [0.3, 0.4) is 0 Å². The molecular weight excluding hydrogens is 186 g/mol. The average molecular weight is 201 g/mol. The molecule has 0 saturated heterocycles. The van der Waals surface area contributed by atoms with E-state index in [1.807, 2.05) is 32.2 Å². The highest BCUT2D eigenvalue weighted by atomic mass is 16.2. The second-order valence-corrected chi connectivity index (χ2v) is 4.37. The first-order chi connectivity index (χ1) is 7.03. The molecule has 78 valence electrons. The molecule has 0 spiro atoms. The Labute approximate surface area is 90.3 Å². The van der Waals surface area contributed by atoms with Crippen molar-refractivity contribution in [3.05, 3.63) is 48.2 Å². The molecule has 0 aromatic rings. The summed E-state index contributed by atoms with van der Waals surface area (Å²) in [5.74, 6) is 0.0521. The highest BCUT2D eigenvalue weighted by molar-refractivity contribution is 5.93. The van der Waals surface area contributed by atoms with Gasteiger partial charge in [0.15, 0.2) is 0 Å². The summed E-state index contributed by atoms with van der Waals surface area (Å²) in [6.07, 6.45) is 10.3. The minimum atomic E-state index is -0.290. The Kier molecular flexibility index (Phi) is 2.14. The van der Waals surface area contributed by atoms with Gasteiger partial charge in [-0.2, -0.15) is 0 Å². The molecule has 15 heavy (non-hydrogen) atoms. The van der Waals surface area contributed by atoms with Crippen LogP contribution in [-0.4, -0.2) is 16.3 Å². The number of rotatable bonds is 2. The normalized spacial score (nSPS) is 28.0. The van der Waals surface area contributed by atoms with E-state index in [-0.39, 0.29) is 11.4 Å². The molecule has 2 heterocycles. The van der Waals surface area contributed by atoms with E-state index in [1.165, 1.54) is 5.57 Å². The van der Waals surface area contributed by atoms with E-state index in [2.05, 4.69) is 12.7 Å². The lowest BCUT2D eigenvalue weighted by Crippen LogP contribution is -2.42.